The number of carbonyl (C=O) groups excluding carboxylic acids is 6. The van der Waals surface area contributed by atoms with Crippen molar-refractivity contribution in [1.82, 2.24) is 35.5 Å². The molecule has 20 nitrogen and oxygen atoms in total. The molecule has 1 aromatic heterocycles. The number of amidine groups is 1. The zero-order valence-corrected chi connectivity index (χ0v) is 40.9. The Morgan fingerprint density at radius 3 is 2.45 bits per heavy atom. The highest BCUT2D eigenvalue weighted by Gasteiger charge is 2.46. The molecule has 6 aliphatic rings. The summed E-state index contributed by atoms with van der Waals surface area (Å²) in [4.78, 5) is 85.8. The molecule has 0 spiro atoms. The van der Waals surface area contributed by atoms with Crippen LogP contribution in [-0.2, 0) is 46.3 Å². The Morgan fingerprint density at radius 1 is 0.904 bits per heavy atom. The van der Waals surface area contributed by atoms with Crippen LogP contribution in [0, 0.1) is 5.92 Å². The van der Waals surface area contributed by atoms with Crippen LogP contribution >= 0.6 is 0 Å². The van der Waals surface area contributed by atoms with E-state index in [1.165, 1.54) is 11.6 Å². The van der Waals surface area contributed by atoms with Crippen molar-refractivity contribution in [1.29, 1.82) is 0 Å². The molecule has 0 bridgehead atoms. The van der Waals surface area contributed by atoms with Gasteiger partial charge < -0.3 is 44.7 Å². The zero-order valence-electron chi connectivity index (χ0n) is 40.9. The number of nitrogens with zero attached hydrogens (tertiary/aromatic N) is 6. The number of anilines is 2. The molecule has 22 heteroatoms. The fourth-order valence-corrected chi connectivity index (χ4v) is 10.5. The van der Waals surface area contributed by atoms with E-state index < -0.39 is 36.1 Å². The Morgan fingerprint density at radius 2 is 1.68 bits per heavy atom. The number of fused-ring (bicyclic) bond motifs is 2. The molecule has 0 saturated carbocycles. The maximum Gasteiger partial charge on any atom is 0.317 e. The molecule has 7 heterocycles. The van der Waals surface area contributed by atoms with Gasteiger partial charge in [0.05, 0.1) is 76.1 Å². The van der Waals surface area contributed by atoms with Crippen LogP contribution in [0.25, 0.3) is 11.1 Å². The Balaban J connectivity index is 0.680. The van der Waals surface area contributed by atoms with Crippen LogP contribution in [0.15, 0.2) is 58.9 Å². The first-order chi connectivity index (χ1) is 35.5. The maximum atomic E-state index is 15.0. The second-order valence-corrected chi connectivity index (χ2v) is 18.7. The molecule has 6 aliphatic heterocycles. The normalized spacial score (nSPS) is 20.1. The van der Waals surface area contributed by atoms with Gasteiger partial charge in [0.15, 0.2) is 0 Å². The third-order valence-corrected chi connectivity index (χ3v) is 14.2. The molecule has 7 amide bonds. The number of aromatic nitrogens is 2. The van der Waals surface area contributed by atoms with Gasteiger partial charge in [0.2, 0.25) is 17.7 Å². The lowest BCUT2D eigenvalue weighted by atomic mass is 9.84. The number of aliphatic imine (C=N–C) groups is 1. The van der Waals surface area contributed by atoms with Crippen molar-refractivity contribution in [3.05, 3.63) is 76.1 Å². The van der Waals surface area contributed by atoms with Gasteiger partial charge in [-0.15, -0.1) is 0 Å². The summed E-state index contributed by atoms with van der Waals surface area (Å²) in [6.45, 7) is 5.61. The van der Waals surface area contributed by atoms with Crippen molar-refractivity contribution in [3.63, 3.8) is 0 Å². The molecule has 2 atom stereocenters. The van der Waals surface area contributed by atoms with Crippen molar-refractivity contribution in [2.75, 3.05) is 103 Å². The van der Waals surface area contributed by atoms with Crippen LogP contribution in [0.4, 0.5) is 25.0 Å². The van der Waals surface area contributed by atoms with Gasteiger partial charge in [-0.3, -0.25) is 43.9 Å². The summed E-state index contributed by atoms with van der Waals surface area (Å²) in [7, 11) is 1.62. The number of amides is 7. The standard InChI is InChI=1S/C51H62F2N10O10/c1-54-51(69)60-16-9-34-38(30-60)47(59-45(34)31-10-18-70-19-11-31)62-15-3-4-32-26-36(37(46(52)53)27-41(32)62)33-28-57-61(29-33)17-13-56-42(64)12-20-71-22-24-73-25-23-72-21-14-55-39-6-2-5-35-44(39)50(68)63(49(35)67)40-7-8-43(65)58-48(40)66/h2,5-6,26-29,31,40,45-46,55H,3-4,7-25,30H2,1H3,(H,54,69)(H,56,64)(H,58,65,66). The molecule has 2 fully saturated rings. The van der Waals surface area contributed by atoms with Gasteiger partial charge in [0.1, 0.15) is 11.9 Å². The van der Waals surface area contributed by atoms with Crippen LogP contribution in [0.2, 0.25) is 0 Å². The van der Waals surface area contributed by atoms with E-state index in [-0.39, 0.29) is 80.3 Å². The lowest BCUT2D eigenvalue weighted by Gasteiger charge is -2.35. The number of rotatable bonds is 20. The molecule has 0 radical (unpaired) electrons. The largest absolute Gasteiger partial charge is 0.382 e. The minimum atomic E-state index is -2.75. The predicted molar refractivity (Wildman–Crippen MR) is 262 cm³/mol. The molecule has 4 N–H and O–H groups in total. The Hall–Kier alpha value is -6.62. The SMILES string of the molecule is CNC(=O)N1CCC2=C(C1)C(N1CCCc3cc(-c4cnn(CCNC(=O)CCOCCOCCOCCNc5cccc6c5C(=O)N(C5CCC(=O)NC5=O)C6=O)c4)c(C(F)F)cc31)=NC2C1CCOCC1. The van der Waals surface area contributed by atoms with Gasteiger partial charge in [-0.25, -0.2) is 13.6 Å². The average Bonchev–Trinajstić information content (AvgIpc) is 4.10. The fraction of sp³-hybridized carbons (Fsp3) is 0.529. The topological polar surface area (TPSA) is 227 Å². The lowest BCUT2D eigenvalue weighted by Crippen LogP contribution is -2.54. The van der Waals surface area contributed by atoms with Crippen LogP contribution in [-0.4, -0.2) is 166 Å². The molecular formula is C51H62F2N10O10. The third-order valence-electron chi connectivity index (χ3n) is 14.2. The van der Waals surface area contributed by atoms with Crippen LogP contribution in [0.5, 0.6) is 0 Å². The Bertz CT molecular complexity index is 2650. The van der Waals surface area contributed by atoms with Crippen molar-refractivity contribution in [2.45, 2.75) is 76.4 Å². The molecular weight excluding hydrogens is 951 g/mol. The van der Waals surface area contributed by atoms with E-state index in [0.717, 1.165) is 59.7 Å². The lowest BCUT2D eigenvalue weighted by molar-refractivity contribution is -0.136. The summed E-state index contributed by atoms with van der Waals surface area (Å²) in [5.74, 6) is -1.37. The third kappa shape index (κ3) is 11.5. The van der Waals surface area contributed by atoms with Crippen molar-refractivity contribution in [3.8, 4) is 11.1 Å². The summed E-state index contributed by atoms with van der Waals surface area (Å²) < 4.78 is 54.0. The van der Waals surface area contributed by atoms with E-state index in [1.54, 1.807) is 47.2 Å². The van der Waals surface area contributed by atoms with E-state index in [0.29, 0.717) is 88.5 Å². The maximum absolute atomic E-state index is 15.0. The quantitative estimate of drug-likeness (QED) is 0.0933. The number of urea groups is 1. The highest BCUT2D eigenvalue weighted by Crippen LogP contribution is 2.43. The number of nitrogens with one attached hydrogen (secondary N) is 4. The number of carbonyl (C=O) groups is 6. The summed E-state index contributed by atoms with van der Waals surface area (Å²) in [5.41, 5.74) is 5.64. The smallest absolute Gasteiger partial charge is 0.317 e. The highest BCUT2D eigenvalue weighted by atomic mass is 19.3. The van der Waals surface area contributed by atoms with Gasteiger partial charge in [0.25, 0.3) is 18.2 Å². The van der Waals surface area contributed by atoms with Gasteiger partial charge in [0, 0.05) is 93.6 Å². The fourth-order valence-electron chi connectivity index (χ4n) is 10.5. The van der Waals surface area contributed by atoms with Crippen LogP contribution < -0.4 is 26.2 Å². The Labute approximate surface area is 421 Å². The summed E-state index contributed by atoms with van der Waals surface area (Å²) in [5, 5.41) is 15.4. The number of hydrogen-bond donors (Lipinski definition) is 4. The minimum Gasteiger partial charge on any atom is -0.382 e. The van der Waals surface area contributed by atoms with Gasteiger partial charge >= 0.3 is 6.03 Å². The van der Waals surface area contributed by atoms with Gasteiger partial charge in [-0.1, -0.05) is 6.07 Å². The monoisotopic (exact) mass is 1010 g/mol. The van der Waals surface area contributed by atoms with E-state index in [9.17, 15) is 37.5 Å². The predicted octanol–water partition coefficient (Wildman–Crippen LogP) is 3.86. The first kappa shape index (κ1) is 51.3. The second kappa shape index (κ2) is 23.5. The van der Waals surface area contributed by atoms with Gasteiger partial charge in [-0.05, 0) is 85.4 Å². The molecule has 0 aliphatic carbocycles. The van der Waals surface area contributed by atoms with Crippen molar-refractivity contribution >= 4 is 52.8 Å². The molecule has 73 heavy (non-hydrogen) atoms. The summed E-state index contributed by atoms with van der Waals surface area (Å²) in [6, 6.07) is 7.12. The number of alkyl halides is 2. The molecule has 2 saturated heterocycles. The van der Waals surface area contributed by atoms with Gasteiger partial charge in [-0.2, -0.15) is 5.10 Å². The van der Waals surface area contributed by atoms with Crippen molar-refractivity contribution in [2.24, 2.45) is 10.9 Å². The van der Waals surface area contributed by atoms with Crippen LogP contribution in [0.3, 0.4) is 0 Å². The molecule has 9 rings (SSSR count). The van der Waals surface area contributed by atoms with Crippen molar-refractivity contribution < 1.29 is 56.5 Å². The summed E-state index contributed by atoms with van der Waals surface area (Å²) in [6.07, 6.45) is 4.86. The minimum absolute atomic E-state index is 0.0142. The number of ether oxygens (including phenoxy) is 4. The van der Waals surface area contributed by atoms with E-state index >= 15 is 0 Å². The molecule has 2 unspecified atom stereocenters. The number of benzene rings is 2. The molecule has 390 valence electrons. The number of aryl methyl sites for hydroxylation is 1. The zero-order chi connectivity index (χ0) is 51.0. The number of imide groups is 2. The van der Waals surface area contributed by atoms with Crippen LogP contribution in [0.1, 0.15) is 83.2 Å². The number of hydrogen-bond acceptors (Lipinski definition) is 14. The van der Waals surface area contributed by atoms with E-state index in [4.69, 9.17) is 23.9 Å². The second-order valence-electron chi connectivity index (χ2n) is 18.7. The number of piperidine rings is 1. The molecule has 2 aromatic carbocycles. The Kier molecular flexibility index (Phi) is 16.5. The number of halogens is 2. The van der Waals surface area contributed by atoms with E-state index in [2.05, 4.69) is 31.3 Å². The first-order valence-electron chi connectivity index (χ1n) is 25.2. The van der Waals surface area contributed by atoms with E-state index in [1.807, 2.05) is 6.07 Å². The highest BCUT2D eigenvalue weighted by molar-refractivity contribution is 6.25. The summed E-state index contributed by atoms with van der Waals surface area (Å²) >= 11 is 0. The average molecular weight is 1010 g/mol. The first-order valence-corrected chi connectivity index (χ1v) is 25.2. The molecule has 3 aromatic rings.